The normalized spacial score (nSPS) is 10.1. The lowest BCUT2D eigenvalue weighted by Crippen LogP contribution is -2.17. The molecule has 0 aliphatic carbocycles. The van der Waals surface area contributed by atoms with E-state index in [-0.39, 0.29) is 29.4 Å². The Morgan fingerprint density at radius 1 is 0.889 bits per heavy atom. The maximum Gasteiger partial charge on any atom is 0.362 e. The first-order valence-corrected chi connectivity index (χ1v) is 8.20. The molecular formula is C21H17NO5. The summed E-state index contributed by atoms with van der Waals surface area (Å²) in [6.45, 7) is -0.224. The zero-order valence-electron chi connectivity index (χ0n) is 14.6. The van der Waals surface area contributed by atoms with Crippen molar-refractivity contribution >= 4 is 11.8 Å². The summed E-state index contributed by atoms with van der Waals surface area (Å²) in [5.74, 6) is -0.0931. The quantitative estimate of drug-likeness (QED) is 0.363. The largest absolute Gasteiger partial charge is 0.496 e. The second-order valence-corrected chi connectivity index (χ2v) is 5.46. The Hall–Kier alpha value is -3.67. The molecule has 0 saturated carbocycles. The third-order valence-corrected chi connectivity index (χ3v) is 3.68. The minimum absolute atomic E-state index is 0.0895. The number of ketones is 1. The van der Waals surface area contributed by atoms with Gasteiger partial charge in [0, 0.05) is 6.20 Å². The Labute approximate surface area is 156 Å². The predicted octanol–water partition coefficient (Wildman–Crippen LogP) is 3.57. The average molecular weight is 363 g/mol. The van der Waals surface area contributed by atoms with Crippen LogP contribution in [0.5, 0.6) is 17.2 Å². The number of hydrogen-bond donors (Lipinski definition) is 0. The molecule has 0 aliphatic rings. The van der Waals surface area contributed by atoms with E-state index in [1.807, 2.05) is 18.2 Å². The van der Waals surface area contributed by atoms with Crippen LogP contribution in [0.3, 0.4) is 0 Å². The van der Waals surface area contributed by atoms with Gasteiger partial charge in [-0.25, -0.2) is 9.78 Å². The van der Waals surface area contributed by atoms with Crippen LogP contribution >= 0.6 is 0 Å². The molecule has 0 atom stereocenters. The minimum Gasteiger partial charge on any atom is -0.496 e. The molecule has 0 bridgehead atoms. The number of benzene rings is 2. The van der Waals surface area contributed by atoms with Crippen LogP contribution in [0.4, 0.5) is 0 Å². The van der Waals surface area contributed by atoms with Crippen molar-refractivity contribution in [3.8, 4) is 17.2 Å². The van der Waals surface area contributed by atoms with E-state index in [1.165, 1.54) is 25.4 Å². The van der Waals surface area contributed by atoms with Crippen LogP contribution in [0.1, 0.15) is 20.8 Å². The standard InChI is InChI=1S/C21H17NO5/c1-25-18-11-7-12-19(27-21(24)16-10-5-6-13-22-16)20(18)17(23)14-26-15-8-3-2-4-9-15/h2-13H,14H2,1H3. The molecule has 3 aromatic rings. The van der Waals surface area contributed by atoms with Gasteiger partial charge in [0.05, 0.1) is 7.11 Å². The summed E-state index contributed by atoms with van der Waals surface area (Å²) in [5.41, 5.74) is 0.277. The number of hydrogen-bond acceptors (Lipinski definition) is 6. The zero-order chi connectivity index (χ0) is 19.1. The molecule has 0 amide bonds. The smallest absolute Gasteiger partial charge is 0.362 e. The number of methoxy groups -OCH3 is 1. The molecule has 0 N–H and O–H groups in total. The van der Waals surface area contributed by atoms with Crippen LogP contribution in [-0.4, -0.2) is 30.5 Å². The van der Waals surface area contributed by atoms with E-state index in [4.69, 9.17) is 14.2 Å². The predicted molar refractivity (Wildman–Crippen MR) is 98.5 cm³/mol. The maximum absolute atomic E-state index is 12.7. The summed E-state index contributed by atoms with van der Waals surface area (Å²) < 4.78 is 16.2. The van der Waals surface area contributed by atoms with E-state index in [1.54, 1.807) is 36.4 Å². The Bertz CT molecular complexity index is 926. The molecule has 1 heterocycles. The van der Waals surface area contributed by atoms with Crippen molar-refractivity contribution in [1.82, 2.24) is 4.98 Å². The number of carbonyl (C=O) groups excluding carboxylic acids is 2. The highest BCUT2D eigenvalue weighted by Crippen LogP contribution is 2.29. The second kappa shape index (κ2) is 8.62. The fourth-order valence-electron chi connectivity index (χ4n) is 2.41. The monoisotopic (exact) mass is 363 g/mol. The van der Waals surface area contributed by atoms with Crippen LogP contribution in [0.25, 0.3) is 0 Å². The summed E-state index contributed by atoms with van der Waals surface area (Å²) in [6.07, 6.45) is 1.49. The van der Waals surface area contributed by atoms with Crippen molar-refractivity contribution in [2.75, 3.05) is 13.7 Å². The molecule has 3 rings (SSSR count). The molecule has 0 spiro atoms. The molecule has 2 aromatic carbocycles. The summed E-state index contributed by atoms with van der Waals surface area (Å²) >= 11 is 0. The van der Waals surface area contributed by atoms with Gasteiger partial charge in [0.2, 0.25) is 5.78 Å². The first kappa shape index (κ1) is 18.1. The van der Waals surface area contributed by atoms with Gasteiger partial charge in [0.25, 0.3) is 0 Å². The fourth-order valence-corrected chi connectivity index (χ4v) is 2.41. The number of aromatic nitrogens is 1. The highest BCUT2D eigenvalue weighted by Gasteiger charge is 2.22. The number of carbonyl (C=O) groups is 2. The van der Waals surface area contributed by atoms with Crippen molar-refractivity contribution in [2.24, 2.45) is 0 Å². The molecule has 136 valence electrons. The molecule has 0 radical (unpaired) electrons. The Morgan fingerprint density at radius 3 is 2.33 bits per heavy atom. The average Bonchev–Trinajstić information content (AvgIpc) is 2.73. The first-order valence-electron chi connectivity index (χ1n) is 8.20. The third kappa shape index (κ3) is 4.49. The van der Waals surface area contributed by atoms with E-state index >= 15 is 0 Å². The molecule has 0 saturated heterocycles. The summed E-state index contributed by atoms with van der Waals surface area (Å²) in [4.78, 5) is 29.0. The number of pyridine rings is 1. The van der Waals surface area contributed by atoms with E-state index in [2.05, 4.69) is 4.98 Å². The van der Waals surface area contributed by atoms with Crippen LogP contribution in [0.2, 0.25) is 0 Å². The number of ether oxygens (including phenoxy) is 3. The summed E-state index contributed by atoms with van der Waals surface area (Å²) in [6, 6.07) is 18.6. The maximum atomic E-state index is 12.7. The third-order valence-electron chi connectivity index (χ3n) is 3.68. The molecule has 6 nitrogen and oxygen atoms in total. The van der Waals surface area contributed by atoms with Gasteiger partial charge < -0.3 is 14.2 Å². The van der Waals surface area contributed by atoms with Gasteiger partial charge in [-0.05, 0) is 36.4 Å². The van der Waals surface area contributed by atoms with Gasteiger partial charge in [-0.1, -0.05) is 30.3 Å². The van der Waals surface area contributed by atoms with E-state index < -0.39 is 5.97 Å². The number of rotatable bonds is 7. The Kier molecular flexibility index (Phi) is 5.79. The molecular weight excluding hydrogens is 346 g/mol. The number of Topliss-reactive ketones (excluding diaryl/α,β-unsaturated/α-hetero) is 1. The van der Waals surface area contributed by atoms with Crippen LogP contribution in [-0.2, 0) is 0 Å². The van der Waals surface area contributed by atoms with Gasteiger partial charge in [0.1, 0.15) is 28.5 Å². The minimum atomic E-state index is -0.665. The molecule has 0 aliphatic heterocycles. The fraction of sp³-hybridized carbons (Fsp3) is 0.0952. The lowest BCUT2D eigenvalue weighted by atomic mass is 10.1. The lowest BCUT2D eigenvalue weighted by Gasteiger charge is -2.13. The van der Waals surface area contributed by atoms with Gasteiger partial charge in [-0.15, -0.1) is 0 Å². The lowest BCUT2D eigenvalue weighted by molar-refractivity contribution is 0.0724. The second-order valence-electron chi connectivity index (χ2n) is 5.46. The molecule has 27 heavy (non-hydrogen) atoms. The number of para-hydroxylation sites is 1. The van der Waals surface area contributed by atoms with Gasteiger partial charge in [0.15, 0.2) is 6.61 Å². The van der Waals surface area contributed by atoms with Crippen LogP contribution in [0.15, 0.2) is 72.9 Å². The van der Waals surface area contributed by atoms with E-state index in [9.17, 15) is 9.59 Å². The molecule has 1 aromatic heterocycles. The molecule has 0 unspecified atom stereocenters. The first-order chi connectivity index (χ1) is 13.2. The van der Waals surface area contributed by atoms with Gasteiger partial charge in [-0.3, -0.25) is 4.79 Å². The highest BCUT2D eigenvalue weighted by molar-refractivity contribution is 6.03. The van der Waals surface area contributed by atoms with Crippen molar-refractivity contribution in [3.63, 3.8) is 0 Å². The van der Waals surface area contributed by atoms with E-state index in [0.717, 1.165) is 0 Å². The van der Waals surface area contributed by atoms with Crippen LogP contribution < -0.4 is 14.2 Å². The van der Waals surface area contributed by atoms with Crippen molar-refractivity contribution < 1.29 is 23.8 Å². The topological polar surface area (TPSA) is 74.7 Å². The highest BCUT2D eigenvalue weighted by atomic mass is 16.5. The molecule has 6 heteroatoms. The molecule has 0 fully saturated rings. The van der Waals surface area contributed by atoms with Crippen molar-refractivity contribution in [2.45, 2.75) is 0 Å². The summed E-state index contributed by atoms with van der Waals surface area (Å²) in [7, 11) is 1.44. The zero-order valence-corrected chi connectivity index (χ0v) is 14.6. The van der Waals surface area contributed by atoms with Gasteiger partial charge in [-0.2, -0.15) is 0 Å². The Morgan fingerprint density at radius 2 is 1.63 bits per heavy atom. The SMILES string of the molecule is COc1cccc(OC(=O)c2ccccn2)c1C(=O)COc1ccccc1. The Balaban J connectivity index is 1.82. The van der Waals surface area contributed by atoms with Gasteiger partial charge >= 0.3 is 5.97 Å². The van der Waals surface area contributed by atoms with Crippen LogP contribution in [0, 0.1) is 0 Å². The number of esters is 1. The van der Waals surface area contributed by atoms with E-state index in [0.29, 0.717) is 11.5 Å². The van der Waals surface area contributed by atoms with Crippen molar-refractivity contribution in [1.29, 1.82) is 0 Å². The number of nitrogens with zero attached hydrogens (tertiary/aromatic N) is 1. The summed E-state index contributed by atoms with van der Waals surface area (Å²) in [5, 5.41) is 0. The van der Waals surface area contributed by atoms with Crippen molar-refractivity contribution in [3.05, 3.63) is 84.2 Å².